The Morgan fingerprint density at radius 2 is 2.18 bits per heavy atom. The molecular weight excluding hydrogens is 236 g/mol. The van der Waals surface area contributed by atoms with E-state index >= 15 is 0 Å². The van der Waals surface area contributed by atoms with Crippen LogP contribution in [0.4, 0.5) is 0 Å². The fourth-order valence-electron chi connectivity index (χ4n) is 1.66. The number of halogens is 1. The zero-order valence-electron chi connectivity index (χ0n) is 9.53. The first kappa shape index (κ1) is 11.9. The number of aromatic nitrogens is 1. The van der Waals surface area contributed by atoms with Gasteiger partial charge in [-0.15, -0.1) is 0 Å². The maximum atomic E-state index is 12.0. The molecule has 0 aliphatic heterocycles. The summed E-state index contributed by atoms with van der Waals surface area (Å²) < 4.78 is 0. The first-order valence-corrected chi connectivity index (χ1v) is 5.93. The van der Waals surface area contributed by atoms with E-state index in [0.29, 0.717) is 17.3 Å². The van der Waals surface area contributed by atoms with E-state index in [0.717, 1.165) is 17.3 Å². The topological polar surface area (TPSA) is 42.0 Å². The Bertz CT molecular complexity index is 554. The highest BCUT2D eigenvalue weighted by Gasteiger charge is 2.11. The summed E-state index contributed by atoms with van der Waals surface area (Å²) >= 11 is 5.91. The molecule has 1 aromatic heterocycles. The van der Waals surface area contributed by atoms with Crippen LogP contribution < -0.4 is 5.32 Å². The summed E-state index contributed by atoms with van der Waals surface area (Å²) in [4.78, 5) is 16.2. The average Bonchev–Trinajstić information content (AvgIpc) is 2.34. The molecule has 0 saturated heterocycles. The van der Waals surface area contributed by atoms with E-state index in [1.165, 1.54) is 0 Å². The van der Waals surface area contributed by atoms with Gasteiger partial charge in [-0.25, -0.2) is 4.98 Å². The summed E-state index contributed by atoms with van der Waals surface area (Å²) in [5.41, 5.74) is 1.32. The van der Waals surface area contributed by atoms with Crippen molar-refractivity contribution in [2.45, 2.75) is 13.3 Å². The van der Waals surface area contributed by atoms with E-state index in [1.54, 1.807) is 6.07 Å². The Morgan fingerprint density at radius 1 is 1.41 bits per heavy atom. The Morgan fingerprint density at radius 3 is 2.94 bits per heavy atom. The number of amides is 1. The highest BCUT2D eigenvalue weighted by molar-refractivity contribution is 6.30. The molecule has 1 aromatic carbocycles. The van der Waals surface area contributed by atoms with Crippen molar-refractivity contribution in [2.24, 2.45) is 0 Å². The number of carbonyl (C=O) groups excluding carboxylic acids is 1. The number of carbonyl (C=O) groups is 1. The van der Waals surface area contributed by atoms with Crippen LogP contribution in [-0.4, -0.2) is 17.4 Å². The number of rotatable bonds is 3. The van der Waals surface area contributed by atoms with Gasteiger partial charge in [-0.3, -0.25) is 4.79 Å². The molecular formula is C13H13ClN2O. The predicted octanol–water partition coefficient (Wildman–Crippen LogP) is 3.03. The van der Waals surface area contributed by atoms with Crippen LogP contribution in [0.1, 0.15) is 23.7 Å². The first-order chi connectivity index (χ1) is 8.22. The van der Waals surface area contributed by atoms with Gasteiger partial charge in [-0.2, -0.15) is 0 Å². The lowest BCUT2D eigenvalue weighted by Crippen LogP contribution is -2.24. The lowest BCUT2D eigenvalue weighted by atomic mass is 10.1. The number of hydrogen-bond donors (Lipinski definition) is 1. The molecule has 0 saturated carbocycles. The van der Waals surface area contributed by atoms with Crippen molar-refractivity contribution in [3.63, 3.8) is 0 Å². The van der Waals surface area contributed by atoms with Gasteiger partial charge >= 0.3 is 0 Å². The van der Waals surface area contributed by atoms with E-state index in [1.807, 2.05) is 31.2 Å². The lowest BCUT2D eigenvalue weighted by molar-refractivity contribution is 0.0955. The summed E-state index contributed by atoms with van der Waals surface area (Å²) in [6, 6.07) is 9.08. The number of fused-ring (bicyclic) bond motifs is 1. The molecule has 1 amide bonds. The fraction of sp³-hybridized carbons (Fsp3) is 0.231. The second-order valence-corrected chi connectivity index (χ2v) is 4.15. The first-order valence-electron chi connectivity index (χ1n) is 5.56. The van der Waals surface area contributed by atoms with Gasteiger partial charge in [0.1, 0.15) is 5.15 Å². The van der Waals surface area contributed by atoms with Crippen molar-refractivity contribution < 1.29 is 4.79 Å². The van der Waals surface area contributed by atoms with Crippen molar-refractivity contribution in [1.82, 2.24) is 10.3 Å². The molecule has 17 heavy (non-hydrogen) atoms. The number of nitrogens with one attached hydrogen (secondary N) is 1. The molecule has 1 N–H and O–H groups in total. The molecule has 3 nitrogen and oxygen atoms in total. The summed E-state index contributed by atoms with van der Waals surface area (Å²) in [6.45, 7) is 2.67. The summed E-state index contributed by atoms with van der Waals surface area (Å²) in [7, 11) is 0. The van der Waals surface area contributed by atoms with Gasteiger partial charge < -0.3 is 5.32 Å². The number of para-hydroxylation sites is 1. The third kappa shape index (κ3) is 2.56. The van der Waals surface area contributed by atoms with E-state index in [-0.39, 0.29) is 5.91 Å². The van der Waals surface area contributed by atoms with E-state index in [2.05, 4.69) is 10.3 Å². The summed E-state index contributed by atoms with van der Waals surface area (Å²) in [5, 5.41) is 4.01. The Balaban J connectivity index is 2.48. The van der Waals surface area contributed by atoms with Crippen molar-refractivity contribution in [3.8, 4) is 0 Å². The smallest absolute Gasteiger partial charge is 0.252 e. The fourth-order valence-corrected chi connectivity index (χ4v) is 1.86. The lowest BCUT2D eigenvalue weighted by Gasteiger charge is -2.07. The van der Waals surface area contributed by atoms with E-state index in [4.69, 9.17) is 11.6 Å². The summed E-state index contributed by atoms with van der Waals surface area (Å²) in [6.07, 6.45) is 0.905. The average molecular weight is 249 g/mol. The zero-order chi connectivity index (χ0) is 12.3. The second-order valence-electron chi connectivity index (χ2n) is 3.77. The molecule has 88 valence electrons. The molecule has 4 heteroatoms. The SMILES string of the molecule is CCCNC(=O)c1cc(Cl)nc2ccccc12. The van der Waals surface area contributed by atoms with Gasteiger partial charge in [-0.1, -0.05) is 36.7 Å². The third-order valence-electron chi connectivity index (χ3n) is 2.47. The molecule has 0 atom stereocenters. The normalized spacial score (nSPS) is 10.5. The molecule has 0 spiro atoms. The highest BCUT2D eigenvalue weighted by atomic mass is 35.5. The van der Waals surface area contributed by atoms with Gasteiger partial charge in [0.2, 0.25) is 0 Å². The maximum absolute atomic E-state index is 12.0. The quantitative estimate of drug-likeness (QED) is 0.849. The molecule has 0 unspecified atom stereocenters. The Hall–Kier alpha value is -1.61. The Kier molecular flexibility index (Phi) is 3.59. The van der Waals surface area contributed by atoms with Crippen LogP contribution >= 0.6 is 11.6 Å². The molecule has 0 aliphatic rings. The molecule has 0 fully saturated rings. The van der Waals surface area contributed by atoms with Crippen molar-refractivity contribution >= 4 is 28.4 Å². The highest BCUT2D eigenvalue weighted by Crippen LogP contribution is 2.20. The maximum Gasteiger partial charge on any atom is 0.252 e. The standard InChI is InChI=1S/C13H13ClN2O/c1-2-7-15-13(17)10-8-12(14)16-11-6-4-3-5-9(10)11/h3-6,8H,2,7H2,1H3,(H,15,17). The van der Waals surface area contributed by atoms with Gasteiger partial charge in [-0.05, 0) is 18.6 Å². The second kappa shape index (κ2) is 5.15. The van der Waals surface area contributed by atoms with Crippen molar-refractivity contribution in [1.29, 1.82) is 0 Å². The van der Waals surface area contributed by atoms with Crippen LogP contribution in [-0.2, 0) is 0 Å². The molecule has 2 aromatic rings. The van der Waals surface area contributed by atoms with Gasteiger partial charge in [0.15, 0.2) is 0 Å². The van der Waals surface area contributed by atoms with Crippen LogP contribution in [0.3, 0.4) is 0 Å². The number of hydrogen-bond acceptors (Lipinski definition) is 2. The largest absolute Gasteiger partial charge is 0.352 e. The van der Waals surface area contributed by atoms with Crippen LogP contribution in [0, 0.1) is 0 Å². The summed E-state index contributed by atoms with van der Waals surface area (Å²) in [5.74, 6) is -0.104. The van der Waals surface area contributed by atoms with E-state index < -0.39 is 0 Å². The van der Waals surface area contributed by atoms with Crippen LogP contribution in [0.15, 0.2) is 30.3 Å². The van der Waals surface area contributed by atoms with Gasteiger partial charge in [0.05, 0.1) is 11.1 Å². The predicted molar refractivity (Wildman–Crippen MR) is 69.4 cm³/mol. The molecule has 0 bridgehead atoms. The van der Waals surface area contributed by atoms with Crippen molar-refractivity contribution in [2.75, 3.05) is 6.54 Å². The number of benzene rings is 1. The van der Waals surface area contributed by atoms with Gasteiger partial charge in [0, 0.05) is 11.9 Å². The van der Waals surface area contributed by atoms with Crippen LogP contribution in [0.25, 0.3) is 10.9 Å². The van der Waals surface area contributed by atoms with E-state index in [9.17, 15) is 4.79 Å². The minimum absolute atomic E-state index is 0.104. The number of nitrogens with zero attached hydrogens (tertiary/aromatic N) is 1. The molecule has 2 rings (SSSR count). The van der Waals surface area contributed by atoms with Crippen LogP contribution in [0.2, 0.25) is 5.15 Å². The molecule has 0 aliphatic carbocycles. The monoisotopic (exact) mass is 248 g/mol. The van der Waals surface area contributed by atoms with Crippen molar-refractivity contribution in [3.05, 3.63) is 41.0 Å². The van der Waals surface area contributed by atoms with Crippen LogP contribution in [0.5, 0.6) is 0 Å². The minimum atomic E-state index is -0.104. The molecule has 1 heterocycles. The minimum Gasteiger partial charge on any atom is -0.352 e. The zero-order valence-corrected chi connectivity index (χ0v) is 10.3. The van der Waals surface area contributed by atoms with Gasteiger partial charge in [0.25, 0.3) is 5.91 Å². The Labute approximate surface area is 105 Å². The number of pyridine rings is 1. The third-order valence-corrected chi connectivity index (χ3v) is 2.66. The molecule has 0 radical (unpaired) electrons.